The fraction of sp³-hybridized carbons (Fsp3) is 0.867. The van der Waals surface area contributed by atoms with Gasteiger partial charge >= 0.3 is 12.0 Å². The Balaban J connectivity index is 2.71. The molecule has 1 atom stereocenters. The summed E-state index contributed by atoms with van der Waals surface area (Å²) >= 11 is 0. The molecule has 0 spiro atoms. The van der Waals surface area contributed by atoms with Gasteiger partial charge in [-0.2, -0.15) is 0 Å². The summed E-state index contributed by atoms with van der Waals surface area (Å²) in [5, 5.41) is 9.28. The monoisotopic (exact) mass is 284 g/mol. The minimum atomic E-state index is -0.871. The van der Waals surface area contributed by atoms with Crippen molar-refractivity contribution in [3.05, 3.63) is 0 Å². The molecule has 2 amide bonds. The molecule has 0 aromatic rings. The van der Waals surface area contributed by atoms with Crippen LogP contribution in [0.15, 0.2) is 0 Å². The Morgan fingerprint density at radius 1 is 1.15 bits per heavy atom. The van der Waals surface area contributed by atoms with Crippen molar-refractivity contribution in [2.45, 2.75) is 64.8 Å². The predicted molar refractivity (Wildman–Crippen MR) is 78.8 cm³/mol. The van der Waals surface area contributed by atoms with Crippen LogP contribution in [-0.4, -0.2) is 52.6 Å². The Bertz CT molecular complexity index is 312. The van der Waals surface area contributed by atoms with Crippen LogP contribution in [0.5, 0.6) is 0 Å². The number of carbonyl (C=O) groups excluding carboxylic acids is 1. The van der Waals surface area contributed by atoms with Gasteiger partial charge in [0.25, 0.3) is 0 Å². The summed E-state index contributed by atoms with van der Waals surface area (Å²) in [7, 11) is 0. The van der Waals surface area contributed by atoms with Gasteiger partial charge in [0.05, 0.1) is 0 Å². The molecule has 0 bridgehead atoms. The Kier molecular flexibility index (Phi) is 7.41. The summed E-state index contributed by atoms with van der Waals surface area (Å²) in [6.45, 7) is 6.24. The molecule has 1 aliphatic rings. The van der Waals surface area contributed by atoms with Crippen molar-refractivity contribution in [2.75, 3.05) is 19.6 Å². The van der Waals surface area contributed by atoms with Gasteiger partial charge in [-0.15, -0.1) is 0 Å². The molecular weight excluding hydrogens is 256 g/mol. The third kappa shape index (κ3) is 4.69. The van der Waals surface area contributed by atoms with Crippen molar-refractivity contribution in [3.8, 4) is 0 Å². The molecule has 20 heavy (non-hydrogen) atoms. The van der Waals surface area contributed by atoms with Crippen LogP contribution in [-0.2, 0) is 4.79 Å². The molecule has 1 heterocycles. The highest BCUT2D eigenvalue weighted by atomic mass is 16.4. The molecule has 1 aliphatic heterocycles. The van der Waals surface area contributed by atoms with Gasteiger partial charge < -0.3 is 14.9 Å². The highest BCUT2D eigenvalue weighted by Crippen LogP contribution is 2.19. The number of hydrogen-bond acceptors (Lipinski definition) is 2. The maximum absolute atomic E-state index is 12.6. The highest BCUT2D eigenvalue weighted by molar-refractivity contribution is 5.83. The van der Waals surface area contributed by atoms with Crippen LogP contribution < -0.4 is 0 Å². The highest BCUT2D eigenvalue weighted by Gasteiger charge is 2.33. The Hall–Kier alpha value is -1.26. The van der Waals surface area contributed by atoms with E-state index in [1.165, 1.54) is 0 Å². The van der Waals surface area contributed by atoms with Crippen LogP contribution in [0.4, 0.5) is 4.79 Å². The van der Waals surface area contributed by atoms with Crippen molar-refractivity contribution in [1.29, 1.82) is 0 Å². The fourth-order valence-corrected chi connectivity index (χ4v) is 2.60. The van der Waals surface area contributed by atoms with Crippen LogP contribution >= 0.6 is 0 Å². The van der Waals surface area contributed by atoms with E-state index in [1.807, 2.05) is 4.90 Å². The summed E-state index contributed by atoms with van der Waals surface area (Å²) in [5.41, 5.74) is 0. The number of aliphatic carboxylic acids is 1. The molecule has 0 aromatic carbocycles. The molecule has 116 valence electrons. The van der Waals surface area contributed by atoms with Gasteiger partial charge in [-0.25, -0.2) is 9.59 Å². The predicted octanol–water partition coefficient (Wildman–Crippen LogP) is 2.95. The SMILES string of the molecule is CCCCN(CCCC)C(=O)N1CCCCC1C(=O)O. The standard InChI is InChI=1S/C15H28N2O3/c1-3-5-10-16(11-6-4-2)15(20)17-12-8-7-9-13(17)14(18)19/h13H,3-12H2,1-2H3,(H,18,19). The first kappa shape index (κ1) is 16.8. The van der Waals surface area contributed by atoms with Crippen LogP contribution in [0, 0.1) is 0 Å². The molecule has 0 radical (unpaired) electrons. The second-order valence-corrected chi connectivity index (χ2v) is 5.52. The van der Waals surface area contributed by atoms with Crippen molar-refractivity contribution >= 4 is 12.0 Å². The van der Waals surface area contributed by atoms with E-state index in [0.29, 0.717) is 13.0 Å². The van der Waals surface area contributed by atoms with Crippen LogP contribution in [0.3, 0.4) is 0 Å². The number of carboxylic acids is 1. The van der Waals surface area contributed by atoms with E-state index in [2.05, 4.69) is 13.8 Å². The number of carbonyl (C=O) groups is 2. The molecule has 1 fully saturated rings. The largest absolute Gasteiger partial charge is 0.480 e. The van der Waals surface area contributed by atoms with Gasteiger partial charge in [0, 0.05) is 19.6 Å². The van der Waals surface area contributed by atoms with E-state index >= 15 is 0 Å². The molecule has 1 rings (SSSR count). The molecule has 0 aromatic heterocycles. The van der Waals surface area contributed by atoms with Gasteiger partial charge in [-0.3, -0.25) is 0 Å². The lowest BCUT2D eigenvalue weighted by Gasteiger charge is -2.37. The maximum atomic E-state index is 12.6. The van der Waals surface area contributed by atoms with Crippen molar-refractivity contribution in [2.24, 2.45) is 0 Å². The maximum Gasteiger partial charge on any atom is 0.326 e. The normalized spacial score (nSPS) is 18.9. The summed E-state index contributed by atoms with van der Waals surface area (Å²) in [5.74, 6) is -0.871. The zero-order valence-corrected chi connectivity index (χ0v) is 12.8. The first-order valence-corrected chi connectivity index (χ1v) is 7.90. The third-order valence-corrected chi connectivity index (χ3v) is 3.87. The molecule has 5 heteroatoms. The number of likely N-dealkylation sites (tertiary alicyclic amines) is 1. The Morgan fingerprint density at radius 2 is 1.75 bits per heavy atom. The second-order valence-electron chi connectivity index (χ2n) is 5.52. The number of carboxylic acid groups (broad SMARTS) is 1. The first-order chi connectivity index (χ1) is 9.61. The molecule has 1 saturated heterocycles. The van der Waals surface area contributed by atoms with Gasteiger partial charge in [0.1, 0.15) is 6.04 Å². The Morgan fingerprint density at radius 3 is 2.25 bits per heavy atom. The number of amides is 2. The number of nitrogens with zero attached hydrogens (tertiary/aromatic N) is 2. The smallest absolute Gasteiger partial charge is 0.326 e. The minimum absolute atomic E-state index is 0.0843. The molecule has 1 unspecified atom stereocenters. The van der Waals surface area contributed by atoms with E-state index in [9.17, 15) is 14.7 Å². The number of unbranched alkanes of at least 4 members (excludes halogenated alkanes) is 2. The van der Waals surface area contributed by atoms with Gasteiger partial charge in [0.15, 0.2) is 0 Å². The summed E-state index contributed by atoms with van der Waals surface area (Å²) < 4.78 is 0. The minimum Gasteiger partial charge on any atom is -0.480 e. The lowest BCUT2D eigenvalue weighted by Crippen LogP contribution is -2.53. The van der Waals surface area contributed by atoms with Crippen LogP contribution in [0.1, 0.15) is 58.8 Å². The van der Waals surface area contributed by atoms with E-state index in [-0.39, 0.29) is 6.03 Å². The first-order valence-electron chi connectivity index (χ1n) is 7.90. The van der Waals surface area contributed by atoms with E-state index in [0.717, 1.165) is 51.6 Å². The number of urea groups is 1. The van der Waals surface area contributed by atoms with Crippen molar-refractivity contribution in [1.82, 2.24) is 9.80 Å². The number of piperidine rings is 1. The lowest BCUT2D eigenvalue weighted by atomic mass is 10.0. The summed E-state index contributed by atoms with van der Waals surface area (Å²) in [6, 6.07) is -0.721. The average molecular weight is 284 g/mol. The third-order valence-electron chi connectivity index (χ3n) is 3.87. The zero-order valence-electron chi connectivity index (χ0n) is 12.8. The molecule has 5 nitrogen and oxygen atoms in total. The van der Waals surface area contributed by atoms with Gasteiger partial charge in [0.2, 0.25) is 0 Å². The molecule has 0 saturated carbocycles. The van der Waals surface area contributed by atoms with Gasteiger partial charge in [-0.1, -0.05) is 26.7 Å². The molecular formula is C15H28N2O3. The van der Waals surface area contributed by atoms with Crippen molar-refractivity contribution in [3.63, 3.8) is 0 Å². The van der Waals surface area contributed by atoms with E-state index < -0.39 is 12.0 Å². The summed E-state index contributed by atoms with van der Waals surface area (Å²) in [4.78, 5) is 27.3. The fourth-order valence-electron chi connectivity index (χ4n) is 2.60. The summed E-state index contributed by atoms with van der Waals surface area (Å²) in [6.07, 6.45) is 6.41. The average Bonchev–Trinajstić information content (AvgIpc) is 2.46. The quantitative estimate of drug-likeness (QED) is 0.782. The molecule has 1 N–H and O–H groups in total. The molecule has 0 aliphatic carbocycles. The van der Waals surface area contributed by atoms with Crippen LogP contribution in [0.2, 0.25) is 0 Å². The Labute approximate surface area is 121 Å². The number of hydrogen-bond donors (Lipinski definition) is 1. The lowest BCUT2D eigenvalue weighted by molar-refractivity contribution is -0.143. The zero-order chi connectivity index (χ0) is 15.0. The van der Waals surface area contributed by atoms with E-state index in [4.69, 9.17) is 0 Å². The van der Waals surface area contributed by atoms with Crippen molar-refractivity contribution < 1.29 is 14.7 Å². The van der Waals surface area contributed by atoms with E-state index in [1.54, 1.807) is 4.90 Å². The second kappa shape index (κ2) is 8.82. The number of rotatable bonds is 7. The topological polar surface area (TPSA) is 60.9 Å². The van der Waals surface area contributed by atoms with Gasteiger partial charge in [-0.05, 0) is 32.1 Å². The van der Waals surface area contributed by atoms with Crippen LogP contribution in [0.25, 0.3) is 0 Å².